The zero-order valence-electron chi connectivity index (χ0n) is 19.1. The molecule has 0 bridgehead atoms. The van der Waals surface area contributed by atoms with E-state index in [4.69, 9.17) is 55.9 Å². The largest absolute Gasteiger partial charge is 0.467 e. The Bertz CT molecular complexity index is 1010. The molecule has 0 saturated heterocycles. The van der Waals surface area contributed by atoms with Crippen LogP contribution < -0.4 is 10.6 Å². The molecule has 2 aromatic rings. The summed E-state index contributed by atoms with van der Waals surface area (Å²) in [5.41, 5.74) is 0.0699. The third-order valence-electron chi connectivity index (χ3n) is 4.80. The summed E-state index contributed by atoms with van der Waals surface area (Å²) in [6.45, 7) is 0. The van der Waals surface area contributed by atoms with Gasteiger partial charge in [-0.15, -0.1) is 0 Å². The van der Waals surface area contributed by atoms with E-state index < -0.39 is 35.8 Å². The summed E-state index contributed by atoms with van der Waals surface area (Å²) in [5.74, 6) is -2.20. The first-order valence-electron chi connectivity index (χ1n) is 10.3. The van der Waals surface area contributed by atoms with Crippen molar-refractivity contribution in [2.45, 2.75) is 18.5 Å². The van der Waals surface area contributed by atoms with Gasteiger partial charge in [0, 0.05) is 5.75 Å². The second-order valence-corrected chi connectivity index (χ2v) is 9.93. The maximum absolute atomic E-state index is 12.7. The predicted molar refractivity (Wildman–Crippen MR) is 141 cm³/mol. The standard InChI is InChI=1S/C23H22Cl4N2O6S/c1-34-22(32)16(28-20(30)18-12(24)5-3-6-13(18)25)9-10-36-11-17(23(33)35-2)29-21(31)19-14(26)7-4-8-15(19)27/h3-8,16-17H,9-11H2,1-2H3,(H,28,30)(H,29,31)/t16-,17-/m0/s1. The number of amides is 2. The van der Waals surface area contributed by atoms with E-state index in [9.17, 15) is 19.2 Å². The number of thioether (sulfide) groups is 1. The van der Waals surface area contributed by atoms with Crippen molar-refractivity contribution >= 4 is 81.9 Å². The SMILES string of the molecule is COC(=O)[C@H](CCSC[C@H](NC(=O)c1c(Cl)cccc1Cl)C(=O)OC)NC(=O)c1c(Cl)cccc1Cl. The number of nitrogens with one attached hydrogen (secondary N) is 2. The number of esters is 2. The van der Waals surface area contributed by atoms with Crippen molar-refractivity contribution in [3.05, 3.63) is 67.6 Å². The van der Waals surface area contributed by atoms with Crippen molar-refractivity contribution in [2.24, 2.45) is 0 Å². The molecule has 0 radical (unpaired) electrons. The number of ether oxygens (including phenoxy) is 2. The number of rotatable bonds is 11. The average Bonchev–Trinajstić information content (AvgIpc) is 2.83. The molecule has 2 N–H and O–H groups in total. The number of methoxy groups -OCH3 is 2. The van der Waals surface area contributed by atoms with E-state index in [1.54, 1.807) is 12.1 Å². The molecule has 8 nitrogen and oxygen atoms in total. The molecule has 13 heteroatoms. The lowest BCUT2D eigenvalue weighted by atomic mass is 10.1. The van der Waals surface area contributed by atoms with Crippen LogP contribution in [0, 0.1) is 0 Å². The van der Waals surface area contributed by atoms with Crippen LogP contribution in [0.1, 0.15) is 27.1 Å². The summed E-state index contributed by atoms with van der Waals surface area (Å²) in [4.78, 5) is 49.8. The highest BCUT2D eigenvalue weighted by Crippen LogP contribution is 2.25. The molecule has 0 saturated carbocycles. The zero-order chi connectivity index (χ0) is 26.8. The van der Waals surface area contributed by atoms with E-state index in [2.05, 4.69) is 10.6 Å². The Morgan fingerprint density at radius 3 is 1.56 bits per heavy atom. The van der Waals surface area contributed by atoms with Crippen LogP contribution in [0.25, 0.3) is 0 Å². The van der Waals surface area contributed by atoms with Gasteiger partial charge in [0.2, 0.25) is 0 Å². The topological polar surface area (TPSA) is 111 Å². The average molecular weight is 596 g/mol. The maximum Gasteiger partial charge on any atom is 0.329 e. The monoisotopic (exact) mass is 594 g/mol. The Morgan fingerprint density at radius 1 is 0.750 bits per heavy atom. The Balaban J connectivity index is 2.01. The highest BCUT2D eigenvalue weighted by atomic mass is 35.5. The Kier molecular flexibility index (Phi) is 12.1. The van der Waals surface area contributed by atoms with Gasteiger partial charge in [0.15, 0.2) is 0 Å². The van der Waals surface area contributed by atoms with Gasteiger partial charge in [-0.05, 0) is 36.4 Å². The van der Waals surface area contributed by atoms with Crippen molar-refractivity contribution < 1.29 is 28.7 Å². The van der Waals surface area contributed by atoms with Gasteiger partial charge in [0.25, 0.3) is 11.8 Å². The van der Waals surface area contributed by atoms with Gasteiger partial charge < -0.3 is 20.1 Å². The first-order chi connectivity index (χ1) is 17.1. The normalized spacial score (nSPS) is 12.3. The van der Waals surface area contributed by atoms with Crippen LogP contribution in [0.3, 0.4) is 0 Å². The van der Waals surface area contributed by atoms with E-state index in [1.165, 1.54) is 50.2 Å². The fraction of sp³-hybridized carbons (Fsp3) is 0.304. The van der Waals surface area contributed by atoms with Gasteiger partial charge in [0.1, 0.15) is 12.1 Å². The molecule has 36 heavy (non-hydrogen) atoms. The maximum atomic E-state index is 12.7. The van der Waals surface area contributed by atoms with E-state index in [1.807, 2.05) is 0 Å². The van der Waals surface area contributed by atoms with Crippen LogP contribution in [-0.2, 0) is 19.1 Å². The smallest absolute Gasteiger partial charge is 0.329 e. The second kappa shape index (κ2) is 14.5. The molecule has 0 aliphatic rings. The van der Waals surface area contributed by atoms with Crippen LogP contribution >= 0.6 is 58.2 Å². The lowest BCUT2D eigenvalue weighted by Gasteiger charge is -2.19. The molecule has 0 fully saturated rings. The molecule has 0 aliphatic carbocycles. The molecule has 0 heterocycles. The molecule has 0 aliphatic heterocycles. The first kappa shape index (κ1) is 30.1. The highest BCUT2D eigenvalue weighted by Gasteiger charge is 2.27. The molecule has 194 valence electrons. The molecular weight excluding hydrogens is 574 g/mol. The van der Waals surface area contributed by atoms with Gasteiger partial charge in [-0.2, -0.15) is 11.8 Å². The van der Waals surface area contributed by atoms with E-state index in [0.717, 1.165) is 0 Å². The van der Waals surface area contributed by atoms with Crippen molar-refractivity contribution in [1.82, 2.24) is 10.6 Å². The lowest BCUT2D eigenvalue weighted by Crippen LogP contribution is -2.44. The van der Waals surface area contributed by atoms with Crippen LogP contribution in [0.2, 0.25) is 20.1 Å². The summed E-state index contributed by atoms with van der Waals surface area (Å²) < 4.78 is 9.56. The Morgan fingerprint density at radius 2 is 1.14 bits per heavy atom. The first-order valence-corrected chi connectivity index (χ1v) is 13.0. The number of hydrogen-bond donors (Lipinski definition) is 2. The minimum atomic E-state index is -1.02. The highest BCUT2D eigenvalue weighted by molar-refractivity contribution is 7.99. The molecule has 2 aromatic carbocycles. The Labute approximate surface area is 232 Å². The van der Waals surface area contributed by atoms with E-state index in [-0.39, 0.29) is 43.4 Å². The second-order valence-electron chi connectivity index (χ2n) is 7.16. The molecule has 0 unspecified atom stereocenters. The minimum absolute atomic E-state index is 0.0337. The molecule has 2 atom stereocenters. The summed E-state index contributed by atoms with van der Waals surface area (Å²) in [5, 5.41) is 5.65. The van der Waals surface area contributed by atoms with Gasteiger partial charge in [-0.25, -0.2) is 9.59 Å². The van der Waals surface area contributed by atoms with Crippen LogP contribution in [0.5, 0.6) is 0 Å². The van der Waals surface area contributed by atoms with Crippen LogP contribution in [0.15, 0.2) is 36.4 Å². The van der Waals surface area contributed by atoms with E-state index >= 15 is 0 Å². The van der Waals surface area contributed by atoms with Crippen LogP contribution in [0.4, 0.5) is 0 Å². The van der Waals surface area contributed by atoms with Crippen molar-refractivity contribution in [2.75, 3.05) is 25.7 Å². The molecule has 0 aromatic heterocycles. The Hall–Kier alpha value is -2.17. The van der Waals surface area contributed by atoms with Gasteiger partial charge in [-0.1, -0.05) is 58.5 Å². The molecule has 2 amide bonds. The summed E-state index contributed by atoms with van der Waals surface area (Å²) >= 11 is 25.5. The van der Waals surface area contributed by atoms with Crippen molar-refractivity contribution in [3.63, 3.8) is 0 Å². The fourth-order valence-corrected chi connectivity index (χ4v) is 5.16. The van der Waals surface area contributed by atoms with Gasteiger partial charge >= 0.3 is 11.9 Å². The van der Waals surface area contributed by atoms with Crippen molar-refractivity contribution in [3.8, 4) is 0 Å². The minimum Gasteiger partial charge on any atom is -0.467 e. The molecule has 0 spiro atoms. The zero-order valence-corrected chi connectivity index (χ0v) is 22.9. The predicted octanol–water partition coefficient (Wildman–Crippen LogP) is 4.67. The lowest BCUT2D eigenvalue weighted by molar-refractivity contribution is -0.143. The molecule has 2 rings (SSSR count). The third kappa shape index (κ3) is 8.18. The van der Waals surface area contributed by atoms with Gasteiger partial charge in [-0.3, -0.25) is 9.59 Å². The van der Waals surface area contributed by atoms with Gasteiger partial charge in [0.05, 0.1) is 45.4 Å². The quantitative estimate of drug-likeness (QED) is 0.287. The number of carbonyl (C=O) groups excluding carboxylic acids is 4. The fourth-order valence-electron chi connectivity index (χ4n) is 2.99. The summed E-state index contributed by atoms with van der Waals surface area (Å²) in [6, 6.07) is 7.16. The van der Waals surface area contributed by atoms with Crippen molar-refractivity contribution in [1.29, 1.82) is 0 Å². The summed E-state index contributed by atoms with van der Waals surface area (Å²) in [7, 11) is 2.39. The number of hydrogen-bond acceptors (Lipinski definition) is 7. The van der Waals surface area contributed by atoms with E-state index in [0.29, 0.717) is 5.75 Å². The van der Waals surface area contributed by atoms with Crippen LogP contribution in [-0.4, -0.2) is 61.6 Å². The molecular formula is C23H22Cl4N2O6S. The summed E-state index contributed by atoms with van der Waals surface area (Å²) in [6.07, 6.45) is 0.156. The number of benzene rings is 2. The number of halogens is 4. The number of carbonyl (C=O) groups is 4. The third-order valence-corrected chi connectivity index (χ3v) is 7.15.